The summed E-state index contributed by atoms with van der Waals surface area (Å²) in [4.78, 5) is 35.6. The van der Waals surface area contributed by atoms with Crippen LogP contribution in [0.25, 0.3) is 0 Å². The van der Waals surface area contributed by atoms with E-state index in [0.717, 1.165) is 0 Å². The predicted octanol–water partition coefficient (Wildman–Crippen LogP) is -2.26. The van der Waals surface area contributed by atoms with Gasteiger partial charge in [0.1, 0.15) is 0 Å². The second-order valence-corrected chi connectivity index (χ2v) is 4.10. The molecule has 94 valence electrons. The molecular formula is C9H14N4O3S. The first-order chi connectivity index (χ1) is 8.00. The van der Waals surface area contributed by atoms with E-state index in [0.29, 0.717) is 19.5 Å². The van der Waals surface area contributed by atoms with Gasteiger partial charge in [-0.15, -0.1) is 0 Å². The molecule has 1 rings (SSSR count). The van der Waals surface area contributed by atoms with Crippen LogP contribution in [0.4, 0.5) is 0 Å². The number of rotatable bonds is 2. The predicted molar refractivity (Wildman–Crippen MR) is 64.0 cm³/mol. The van der Waals surface area contributed by atoms with Gasteiger partial charge in [-0.25, -0.2) is 0 Å². The van der Waals surface area contributed by atoms with Gasteiger partial charge in [-0.2, -0.15) is 0 Å². The van der Waals surface area contributed by atoms with E-state index >= 15 is 0 Å². The number of nitrogens with zero attached hydrogens (tertiary/aromatic N) is 1. The molecule has 0 spiro atoms. The second kappa shape index (κ2) is 6.14. The Bertz CT molecular complexity index is 358. The highest BCUT2D eigenvalue weighted by atomic mass is 32.1. The van der Waals surface area contributed by atoms with Crippen molar-refractivity contribution in [2.24, 2.45) is 5.73 Å². The zero-order valence-corrected chi connectivity index (χ0v) is 10.0. The average molecular weight is 258 g/mol. The fourth-order valence-electron chi connectivity index (χ4n) is 1.37. The standard InChI is InChI=1S/C9H14N4O3S/c10-6(17)4-12-8(15)9(16)13-3-1-2-11-7(14)5-13/h1-5H2,(H2,10,17)(H,11,14)(H,12,15). The van der Waals surface area contributed by atoms with E-state index in [2.05, 4.69) is 22.9 Å². The van der Waals surface area contributed by atoms with E-state index < -0.39 is 11.8 Å². The maximum absolute atomic E-state index is 11.7. The molecule has 17 heavy (non-hydrogen) atoms. The third kappa shape index (κ3) is 4.35. The summed E-state index contributed by atoms with van der Waals surface area (Å²) in [6.07, 6.45) is 0.625. The van der Waals surface area contributed by atoms with Gasteiger partial charge in [-0.05, 0) is 6.42 Å². The number of hydrogen-bond acceptors (Lipinski definition) is 4. The smallest absolute Gasteiger partial charge is 0.312 e. The van der Waals surface area contributed by atoms with Crippen LogP contribution in [-0.2, 0) is 14.4 Å². The Balaban J connectivity index is 2.52. The van der Waals surface area contributed by atoms with Gasteiger partial charge in [0.25, 0.3) is 0 Å². The molecule has 0 radical (unpaired) electrons. The SMILES string of the molecule is NC(=S)CNC(=O)C(=O)N1CCCNC(=O)C1. The second-order valence-electron chi connectivity index (χ2n) is 3.58. The third-order valence-electron chi connectivity index (χ3n) is 2.17. The van der Waals surface area contributed by atoms with Crippen LogP contribution in [0.2, 0.25) is 0 Å². The number of hydrogen-bond donors (Lipinski definition) is 3. The molecule has 0 aromatic carbocycles. The van der Waals surface area contributed by atoms with Crippen molar-refractivity contribution in [1.29, 1.82) is 0 Å². The van der Waals surface area contributed by atoms with Crippen molar-refractivity contribution < 1.29 is 14.4 Å². The molecule has 0 aromatic rings. The molecule has 0 atom stereocenters. The number of carbonyl (C=O) groups is 3. The zero-order valence-electron chi connectivity index (χ0n) is 9.19. The Kier molecular flexibility index (Phi) is 4.83. The molecule has 7 nitrogen and oxygen atoms in total. The molecule has 0 saturated carbocycles. The van der Waals surface area contributed by atoms with Crippen LogP contribution in [0, 0.1) is 0 Å². The van der Waals surface area contributed by atoms with Crippen molar-refractivity contribution in [3.63, 3.8) is 0 Å². The minimum Gasteiger partial charge on any atom is -0.392 e. The summed E-state index contributed by atoms with van der Waals surface area (Å²) >= 11 is 4.57. The van der Waals surface area contributed by atoms with Gasteiger partial charge < -0.3 is 21.3 Å². The lowest BCUT2D eigenvalue weighted by atomic mass is 10.3. The number of nitrogens with one attached hydrogen (secondary N) is 2. The van der Waals surface area contributed by atoms with E-state index in [-0.39, 0.29) is 24.0 Å². The summed E-state index contributed by atoms with van der Waals surface area (Å²) < 4.78 is 0. The summed E-state index contributed by atoms with van der Waals surface area (Å²) in [5.74, 6) is -1.80. The van der Waals surface area contributed by atoms with Gasteiger partial charge in [0.2, 0.25) is 5.91 Å². The quantitative estimate of drug-likeness (QED) is 0.383. The summed E-state index contributed by atoms with van der Waals surface area (Å²) in [5, 5.41) is 4.90. The minimum atomic E-state index is -0.799. The number of amides is 3. The van der Waals surface area contributed by atoms with Crippen LogP contribution in [0.15, 0.2) is 0 Å². The van der Waals surface area contributed by atoms with Gasteiger partial charge in [0.05, 0.1) is 18.1 Å². The minimum absolute atomic E-state index is 0.0278. The van der Waals surface area contributed by atoms with E-state index in [9.17, 15) is 14.4 Å². The Labute approximate surface area is 104 Å². The Morgan fingerprint density at radius 2 is 2.24 bits per heavy atom. The molecule has 1 aliphatic rings. The van der Waals surface area contributed by atoms with Crippen molar-refractivity contribution in [1.82, 2.24) is 15.5 Å². The Morgan fingerprint density at radius 1 is 1.53 bits per heavy atom. The zero-order chi connectivity index (χ0) is 12.8. The highest BCUT2D eigenvalue weighted by Gasteiger charge is 2.24. The molecule has 3 amide bonds. The number of thiocarbonyl (C=S) groups is 1. The van der Waals surface area contributed by atoms with Gasteiger partial charge >= 0.3 is 11.8 Å². The van der Waals surface area contributed by atoms with Crippen molar-refractivity contribution in [3.8, 4) is 0 Å². The molecule has 8 heteroatoms. The lowest BCUT2D eigenvalue weighted by molar-refractivity contribution is -0.146. The largest absolute Gasteiger partial charge is 0.392 e. The van der Waals surface area contributed by atoms with Crippen LogP contribution in [-0.4, -0.2) is 53.8 Å². The van der Waals surface area contributed by atoms with E-state index in [4.69, 9.17) is 5.73 Å². The summed E-state index contributed by atoms with van der Waals surface area (Å²) in [7, 11) is 0. The number of carbonyl (C=O) groups excluding carboxylic acids is 3. The highest BCUT2D eigenvalue weighted by Crippen LogP contribution is 1.97. The molecule has 1 heterocycles. The maximum Gasteiger partial charge on any atom is 0.312 e. The van der Waals surface area contributed by atoms with Crippen LogP contribution in [0.1, 0.15) is 6.42 Å². The summed E-state index contributed by atoms with van der Waals surface area (Å²) in [6.45, 7) is 0.758. The van der Waals surface area contributed by atoms with Crippen molar-refractivity contribution in [2.45, 2.75) is 6.42 Å². The topological polar surface area (TPSA) is 105 Å². The van der Waals surface area contributed by atoms with Gasteiger partial charge in [0, 0.05) is 13.1 Å². The third-order valence-corrected chi connectivity index (χ3v) is 2.31. The van der Waals surface area contributed by atoms with Gasteiger partial charge in [0.15, 0.2) is 0 Å². The molecule has 0 aliphatic carbocycles. The van der Waals surface area contributed by atoms with Crippen molar-refractivity contribution in [3.05, 3.63) is 0 Å². The highest BCUT2D eigenvalue weighted by molar-refractivity contribution is 7.80. The first-order valence-corrected chi connectivity index (χ1v) is 5.53. The normalized spacial score (nSPS) is 15.8. The van der Waals surface area contributed by atoms with E-state index in [1.807, 2.05) is 0 Å². The molecule has 0 aromatic heterocycles. The van der Waals surface area contributed by atoms with Crippen LogP contribution in [0.3, 0.4) is 0 Å². The Hall–Kier alpha value is -1.70. The fraction of sp³-hybridized carbons (Fsp3) is 0.556. The molecule has 1 saturated heterocycles. The first kappa shape index (κ1) is 13.4. The van der Waals surface area contributed by atoms with Crippen molar-refractivity contribution >= 4 is 34.9 Å². The van der Waals surface area contributed by atoms with Crippen LogP contribution < -0.4 is 16.4 Å². The average Bonchev–Trinajstić information content (AvgIpc) is 2.49. The van der Waals surface area contributed by atoms with Gasteiger partial charge in [-0.3, -0.25) is 14.4 Å². The molecule has 1 aliphatic heterocycles. The molecule has 1 fully saturated rings. The number of nitrogens with two attached hydrogens (primary N) is 1. The fourth-order valence-corrected chi connectivity index (χ4v) is 1.44. The van der Waals surface area contributed by atoms with E-state index in [1.165, 1.54) is 4.90 Å². The summed E-state index contributed by atoms with van der Waals surface area (Å²) in [6, 6.07) is 0. The van der Waals surface area contributed by atoms with Crippen LogP contribution in [0.5, 0.6) is 0 Å². The molecular weight excluding hydrogens is 244 g/mol. The maximum atomic E-state index is 11.7. The molecule has 0 bridgehead atoms. The summed E-state index contributed by atoms with van der Waals surface area (Å²) in [5.41, 5.74) is 5.19. The van der Waals surface area contributed by atoms with E-state index in [1.54, 1.807) is 0 Å². The van der Waals surface area contributed by atoms with Crippen LogP contribution >= 0.6 is 12.2 Å². The first-order valence-electron chi connectivity index (χ1n) is 5.13. The van der Waals surface area contributed by atoms with Crippen molar-refractivity contribution in [2.75, 3.05) is 26.2 Å². The molecule has 0 unspecified atom stereocenters. The lowest BCUT2D eigenvalue weighted by Gasteiger charge is -2.17. The van der Waals surface area contributed by atoms with Gasteiger partial charge in [-0.1, -0.05) is 12.2 Å². The lowest BCUT2D eigenvalue weighted by Crippen LogP contribution is -2.47. The monoisotopic (exact) mass is 258 g/mol. The Morgan fingerprint density at radius 3 is 2.88 bits per heavy atom. The molecule has 4 N–H and O–H groups in total.